The Morgan fingerprint density at radius 3 is 2.08 bits per heavy atom. The van der Waals surface area contributed by atoms with Gasteiger partial charge in [0.1, 0.15) is 11.7 Å². The molecule has 3 amide bonds. The number of benzene rings is 1. The topological polar surface area (TPSA) is 257 Å². The normalized spacial score (nSPS) is 16.6. The second-order valence-corrected chi connectivity index (χ2v) is 16.2. The third-order valence-electron chi connectivity index (χ3n) is 7.67. The molecule has 20 heteroatoms. The van der Waals surface area contributed by atoms with E-state index in [9.17, 15) is 48.2 Å². The van der Waals surface area contributed by atoms with Crippen molar-refractivity contribution < 1.29 is 57.5 Å². The van der Waals surface area contributed by atoms with E-state index in [0.29, 0.717) is 31.7 Å². The maximum Gasteiger partial charge on any atom is 0.480 e. The summed E-state index contributed by atoms with van der Waals surface area (Å²) in [7, 11) is -11.4. The Morgan fingerprint density at radius 2 is 1.52 bits per heavy atom. The van der Waals surface area contributed by atoms with E-state index < -0.39 is 63.6 Å². The first kappa shape index (κ1) is 41.4. The first-order chi connectivity index (χ1) is 23.5. The number of nitrogens with zero attached hydrogens (tertiary/aromatic N) is 2. The molecule has 0 bridgehead atoms. The quantitative estimate of drug-likeness (QED) is 0.0870. The summed E-state index contributed by atoms with van der Waals surface area (Å²) in [4.78, 5) is 81.9. The molecular weight excluding hydrogens is 695 g/mol. The second-order valence-electron chi connectivity index (χ2n) is 12.4. The molecule has 8 N–H and O–H groups in total. The van der Waals surface area contributed by atoms with Crippen LogP contribution < -0.4 is 16.0 Å². The molecule has 50 heavy (non-hydrogen) atoms. The van der Waals surface area contributed by atoms with Gasteiger partial charge in [-0.15, -0.1) is 0 Å². The lowest BCUT2D eigenvalue weighted by atomic mass is 9.73. The molecule has 1 aromatic carbocycles. The van der Waals surface area contributed by atoms with Crippen LogP contribution in [0.5, 0.6) is 0 Å². The van der Waals surface area contributed by atoms with Crippen LogP contribution in [0.15, 0.2) is 48.5 Å². The van der Waals surface area contributed by atoms with Crippen LogP contribution >= 0.6 is 15.2 Å². The highest BCUT2D eigenvalue weighted by atomic mass is 31.2. The van der Waals surface area contributed by atoms with Gasteiger partial charge in [0.15, 0.2) is 0 Å². The fourth-order valence-corrected chi connectivity index (χ4v) is 7.42. The van der Waals surface area contributed by atoms with Crippen LogP contribution in [0, 0.1) is 5.92 Å². The van der Waals surface area contributed by atoms with Gasteiger partial charge in [-0.3, -0.25) is 28.4 Å². The van der Waals surface area contributed by atoms with E-state index in [4.69, 9.17) is 9.31 Å². The Hall–Kier alpha value is -3.02. The molecule has 0 radical (unpaired) electrons. The smallest absolute Gasteiger partial charge is 0.408 e. The highest BCUT2D eigenvalue weighted by molar-refractivity contribution is 7.70. The number of hydrogen-bond acceptors (Lipinski definition) is 10. The molecule has 1 fully saturated rings. The van der Waals surface area contributed by atoms with Crippen molar-refractivity contribution in [1.29, 1.82) is 0 Å². The van der Waals surface area contributed by atoms with Crippen LogP contribution in [-0.2, 0) is 28.0 Å². The van der Waals surface area contributed by atoms with Gasteiger partial charge in [0.2, 0.25) is 17.3 Å². The van der Waals surface area contributed by atoms with E-state index in [1.807, 2.05) is 49.1 Å². The van der Waals surface area contributed by atoms with E-state index >= 15 is 0 Å². The van der Waals surface area contributed by atoms with Crippen LogP contribution in [0.1, 0.15) is 50.5 Å². The van der Waals surface area contributed by atoms with Crippen molar-refractivity contribution in [1.82, 2.24) is 25.8 Å². The molecular formula is C30H46BN5O12P2. The molecule has 0 saturated carbocycles. The van der Waals surface area contributed by atoms with Gasteiger partial charge in [0.05, 0.1) is 17.7 Å². The summed E-state index contributed by atoms with van der Waals surface area (Å²) in [5.74, 6) is -2.71. The molecule has 1 aliphatic heterocycles. The Balaban J connectivity index is 1.56. The summed E-state index contributed by atoms with van der Waals surface area (Å²) in [5.41, 5.74) is -1.14. The molecule has 2 aromatic rings. The lowest BCUT2D eigenvalue weighted by Crippen LogP contribution is -2.59. The molecule has 276 valence electrons. The number of rotatable bonds is 16. The summed E-state index contributed by atoms with van der Waals surface area (Å²) in [6.45, 7) is 6.86. The van der Waals surface area contributed by atoms with Gasteiger partial charge >= 0.3 is 22.3 Å². The standard InChI is InChI=1S/C30H46BN5O12P2/c1-20(2)19-25(31-47-17-15-36(16-18-48-31)14-8-13-26(38)34-30(49(41,42)43)50(44,45)46)33-29(40)27(21(3)37)35-28(39)24-12-7-11-23(32-24)22-9-5-4-6-10-22/h4-7,9-12,20-21,25,27,30,37H,8,13-19H2,1-3H3,(H,33,40)(H,34,38)(H,35,39)(H2,41,42,43)(H2,44,45,46)/t21?,25-,27-/m1/s1. The summed E-state index contributed by atoms with van der Waals surface area (Å²) >= 11 is 0. The molecule has 0 aliphatic carbocycles. The highest BCUT2D eigenvalue weighted by Crippen LogP contribution is 2.58. The van der Waals surface area contributed by atoms with E-state index in [2.05, 4.69) is 15.6 Å². The van der Waals surface area contributed by atoms with E-state index in [1.165, 1.54) is 13.0 Å². The number of nitrogens with one attached hydrogen (secondary N) is 3. The van der Waals surface area contributed by atoms with Crippen molar-refractivity contribution in [2.45, 2.75) is 63.6 Å². The van der Waals surface area contributed by atoms with Crippen molar-refractivity contribution in [2.24, 2.45) is 5.92 Å². The molecule has 3 rings (SSSR count). The zero-order chi connectivity index (χ0) is 37.1. The Labute approximate surface area is 291 Å². The number of carbonyl (C=O) groups excluding carboxylic acids is 3. The van der Waals surface area contributed by atoms with Gasteiger partial charge in [-0.1, -0.05) is 50.2 Å². The number of carbonyl (C=O) groups is 3. The second kappa shape index (κ2) is 19.0. The molecule has 1 aromatic heterocycles. The number of hydrogen-bond donors (Lipinski definition) is 8. The van der Waals surface area contributed by atoms with E-state index in [0.717, 1.165) is 5.56 Å². The number of aliphatic hydroxyl groups is 1. The summed E-state index contributed by atoms with van der Waals surface area (Å²) < 4.78 is 34.8. The van der Waals surface area contributed by atoms with Gasteiger partial charge in [0.25, 0.3) is 5.91 Å². The van der Waals surface area contributed by atoms with Crippen molar-refractivity contribution in [3.63, 3.8) is 0 Å². The Bertz CT molecular complexity index is 1490. The number of aromatic nitrogens is 1. The molecule has 1 saturated heterocycles. The minimum atomic E-state index is -5.29. The average molecular weight is 741 g/mol. The summed E-state index contributed by atoms with van der Waals surface area (Å²) in [6.07, 6.45) is -0.810. The van der Waals surface area contributed by atoms with Crippen LogP contribution in [0.2, 0.25) is 0 Å². The predicted molar refractivity (Wildman–Crippen MR) is 183 cm³/mol. The third-order valence-corrected chi connectivity index (χ3v) is 11.0. The lowest BCUT2D eigenvalue weighted by Gasteiger charge is -2.32. The number of pyridine rings is 1. The number of amides is 3. The van der Waals surface area contributed by atoms with Gasteiger partial charge in [-0.25, -0.2) is 4.98 Å². The monoisotopic (exact) mass is 741 g/mol. The van der Waals surface area contributed by atoms with Crippen molar-refractivity contribution >= 4 is 40.0 Å². The average Bonchev–Trinajstić information content (AvgIpc) is 3.02. The first-order valence-electron chi connectivity index (χ1n) is 16.1. The predicted octanol–water partition coefficient (Wildman–Crippen LogP) is 0.670. The van der Waals surface area contributed by atoms with Gasteiger partial charge in [-0.05, 0) is 44.4 Å². The summed E-state index contributed by atoms with van der Waals surface area (Å²) in [5, 5.41) is 17.7. The molecule has 1 unspecified atom stereocenters. The van der Waals surface area contributed by atoms with Crippen LogP contribution in [0.3, 0.4) is 0 Å². The number of aliphatic hydroxyl groups excluding tert-OH is 1. The van der Waals surface area contributed by atoms with Crippen LogP contribution in [-0.4, -0.2) is 116 Å². The third kappa shape index (κ3) is 13.3. The molecule has 2 heterocycles. The Morgan fingerprint density at radius 1 is 0.900 bits per heavy atom. The van der Waals surface area contributed by atoms with E-state index in [1.54, 1.807) is 17.4 Å². The zero-order valence-electron chi connectivity index (χ0n) is 28.1. The maximum atomic E-state index is 13.5. The van der Waals surface area contributed by atoms with Crippen molar-refractivity contribution in [3.05, 3.63) is 54.2 Å². The van der Waals surface area contributed by atoms with Gasteiger partial charge in [-0.2, -0.15) is 0 Å². The van der Waals surface area contributed by atoms with Gasteiger partial charge in [0, 0.05) is 38.3 Å². The molecule has 0 spiro atoms. The largest absolute Gasteiger partial charge is 0.480 e. The lowest BCUT2D eigenvalue weighted by molar-refractivity contribution is -0.126. The maximum absolute atomic E-state index is 13.5. The van der Waals surface area contributed by atoms with Gasteiger partial charge < -0.3 is 49.9 Å². The fraction of sp³-hybridized carbons (Fsp3) is 0.533. The highest BCUT2D eigenvalue weighted by Gasteiger charge is 2.44. The minimum Gasteiger partial charge on any atom is -0.408 e. The minimum absolute atomic E-state index is 0.0758. The SMILES string of the molecule is CC(C)C[C@@H](NC(=O)[C@H](NC(=O)c1cccc(-c2ccccc2)n1)C(C)O)B1OCCN(CCCC(=O)NC(P(=O)(O)O)P(=O)(O)O)CCO1. The molecule has 17 nitrogen and oxygen atoms in total. The van der Waals surface area contributed by atoms with Crippen molar-refractivity contribution in [2.75, 3.05) is 32.8 Å². The van der Waals surface area contributed by atoms with Crippen LogP contribution in [0.25, 0.3) is 11.3 Å². The fourth-order valence-electron chi connectivity index (χ4n) is 5.22. The zero-order valence-corrected chi connectivity index (χ0v) is 29.9. The first-order valence-corrected chi connectivity index (χ1v) is 19.5. The van der Waals surface area contributed by atoms with Crippen molar-refractivity contribution in [3.8, 4) is 11.3 Å². The Kier molecular flexibility index (Phi) is 15.7. The van der Waals surface area contributed by atoms with E-state index in [-0.39, 0.29) is 37.7 Å². The summed E-state index contributed by atoms with van der Waals surface area (Å²) in [6, 6.07) is 12.9. The molecule has 1 aliphatic rings. The molecule has 3 atom stereocenters. The van der Waals surface area contributed by atoms with Crippen LogP contribution in [0.4, 0.5) is 0 Å².